The van der Waals surface area contributed by atoms with Gasteiger partial charge >= 0.3 is 0 Å². The average molecular weight is 270 g/mol. The highest BCUT2D eigenvalue weighted by Gasteiger charge is 2.42. The number of hydrogen-bond donors (Lipinski definition) is 2. The van der Waals surface area contributed by atoms with E-state index in [1.54, 1.807) is 0 Å². The van der Waals surface area contributed by atoms with Crippen LogP contribution in [0.1, 0.15) is 24.8 Å². The summed E-state index contributed by atoms with van der Waals surface area (Å²) in [6, 6.07) is 5.54. The Balaban J connectivity index is 2.01. The first-order valence-electron chi connectivity index (χ1n) is 5.72. The van der Waals surface area contributed by atoms with E-state index < -0.39 is 0 Å². The van der Waals surface area contributed by atoms with Crippen LogP contribution in [0.4, 0.5) is 5.69 Å². The van der Waals surface area contributed by atoms with Crippen molar-refractivity contribution in [3.8, 4) is 0 Å². The second kappa shape index (κ2) is 4.91. The molecule has 1 amide bonds. The molecule has 4 heteroatoms. The Morgan fingerprint density at radius 2 is 2.24 bits per heavy atom. The van der Waals surface area contributed by atoms with Crippen molar-refractivity contribution in [3.05, 3.63) is 28.8 Å². The Labute approximate surface area is 112 Å². The fourth-order valence-electron chi connectivity index (χ4n) is 1.85. The lowest BCUT2D eigenvalue weighted by Gasteiger charge is -2.13. The molecular weight excluding hydrogens is 254 g/mol. The predicted octanol–water partition coefficient (Wildman–Crippen LogP) is 3.69. The minimum Gasteiger partial charge on any atom is -0.326 e. The lowest BCUT2D eigenvalue weighted by Crippen LogP contribution is -2.18. The lowest BCUT2D eigenvalue weighted by atomic mass is 10.0. The summed E-state index contributed by atoms with van der Waals surface area (Å²) in [5, 5.41) is 3.60. The first kappa shape index (κ1) is 12.8. The van der Waals surface area contributed by atoms with Gasteiger partial charge in [0, 0.05) is 17.1 Å². The van der Waals surface area contributed by atoms with Gasteiger partial charge in [0.2, 0.25) is 5.91 Å². The lowest BCUT2D eigenvalue weighted by molar-refractivity contribution is -0.117. The summed E-state index contributed by atoms with van der Waals surface area (Å²) in [5.41, 5.74) is 1.87. The maximum Gasteiger partial charge on any atom is 0.224 e. The van der Waals surface area contributed by atoms with Gasteiger partial charge in [0.05, 0.1) is 0 Å². The van der Waals surface area contributed by atoms with Crippen molar-refractivity contribution in [1.82, 2.24) is 0 Å². The van der Waals surface area contributed by atoms with E-state index in [1.807, 2.05) is 25.1 Å². The number of hydrogen-bond acceptors (Lipinski definition) is 2. The Morgan fingerprint density at radius 1 is 1.53 bits per heavy atom. The molecule has 0 bridgehead atoms. The van der Waals surface area contributed by atoms with Crippen LogP contribution < -0.4 is 5.32 Å². The molecule has 1 aromatic rings. The molecule has 1 saturated carbocycles. The molecule has 0 radical (unpaired) electrons. The summed E-state index contributed by atoms with van der Waals surface area (Å²) in [5.74, 6) is 0.844. The molecule has 2 rings (SSSR count). The highest BCUT2D eigenvalue weighted by atomic mass is 35.5. The zero-order valence-electron chi connectivity index (χ0n) is 9.79. The van der Waals surface area contributed by atoms with Crippen LogP contribution in [0.3, 0.4) is 0 Å². The van der Waals surface area contributed by atoms with Crippen LogP contribution in [0.5, 0.6) is 0 Å². The second-order valence-electron chi connectivity index (χ2n) is 4.80. The van der Waals surface area contributed by atoms with Crippen LogP contribution in [-0.2, 0) is 4.79 Å². The molecule has 0 spiro atoms. The zero-order valence-corrected chi connectivity index (χ0v) is 11.4. The molecule has 0 heterocycles. The summed E-state index contributed by atoms with van der Waals surface area (Å²) in [7, 11) is 0. The SMILES string of the molecule is Cc1c(Cl)cccc1NC(=O)CC1(CS)CC1. The first-order chi connectivity index (χ1) is 8.06. The van der Waals surface area contributed by atoms with Gasteiger partial charge in [0.25, 0.3) is 0 Å². The number of carbonyl (C=O) groups excluding carboxylic acids is 1. The summed E-state index contributed by atoms with van der Waals surface area (Å²) in [6.45, 7) is 1.91. The molecule has 0 aliphatic heterocycles. The molecule has 1 N–H and O–H groups in total. The molecule has 92 valence electrons. The Kier molecular flexibility index (Phi) is 3.69. The van der Waals surface area contributed by atoms with Crippen molar-refractivity contribution in [2.24, 2.45) is 5.41 Å². The van der Waals surface area contributed by atoms with Gasteiger partial charge in [0.15, 0.2) is 0 Å². The predicted molar refractivity (Wildman–Crippen MR) is 75.0 cm³/mol. The van der Waals surface area contributed by atoms with Gasteiger partial charge in [-0.3, -0.25) is 4.79 Å². The maximum absolute atomic E-state index is 11.9. The number of benzene rings is 1. The van der Waals surface area contributed by atoms with Gasteiger partial charge in [-0.2, -0.15) is 12.6 Å². The number of anilines is 1. The van der Waals surface area contributed by atoms with E-state index in [1.165, 1.54) is 0 Å². The molecule has 1 aliphatic rings. The third kappa shape index (κ3) is 2.96. The van der Waals surface area contributed by atoms with E-state index in [-0.39, 0.29) is 11.3 Å². The number of carbonyl (C=O) groups is 1. The van der Waals surface area contributed by atoms with Gasteiger partial charge in [-0.05, 0) is 48.6 Å². The van der Waals surface area contributed by atoms with Crippen LogP contribution in [0, 0.1) is 12.3 Å². The Hall–Kier alpha value is -0.670. The molecule has 1 fully saturated rings. The largest absolute Gasteiger partial charge is 0.326 e. The van der Waals surface area contributed by atoms with E-state index in [0.29, 0.717) is 11.4 Å². The normalized spacial score (nSPS) is 16.6. The number of nitrogens with one attached hydrogen (secondary N) is 1. The van der Waals surface area contributed by atoms with Crippen molar-refractivity contribution in [3.63, 3.8) is 0 Å². The van der Waals surface area contributed by atoms with Crippen LogP contribution in [0.15, 0.2) is 18.2 Å². The highest BCUT2D eigenvalue weighted by molar-refractivity contribution is 7.80. The van der Waals surface area contributed by atoms with Gasteiger partial charge in [0.1, 0.15) is 0 Å². The first-order valence-corrected chi connectivity index (χ1v) is 6.73. The van der Waals surface area contributed by atoms with E-state index in [0.717, 1.165) is 29.8 Å². The van der Waals surface area contributed by atoms with Gasteiger partial charge < -0.3 is 5.32 Å². The number of rotatable bonds is 4. The summed E-state index contributed by atoms with van der Waals surface area (Å²) in [4.78, 5) is 11.9. The van der Waals surface area contributed by atoms with Gasteiger partial charge in [-0.25, -0.2) is 0 Å². The van der Waals surface area contributed by atoms with E-state index in [2.05, 4.69) is 17.9 Å². The minimum atomic E-state index is 0.0573. The molecule has 1 aromatic carbocycles. The van der Waals surface area contributed by atoms with Crippen molar-refractivity contribution < 1.29 is 4.79 Å². The quantitative estimate of drug-likeness (QED) is 0.802. The standard InChI is InChI=1S/C13H16ClNOS/c1-9-10(14)3-2-4-11(9)15-12(16)7-13(8-17)5-6-13/h2-4,17H,5-8H2,1H3,(H,15,16). The topological polar surface area (TPSA) is 29.1 Å². The van der Waals surface area contributed by atoms with Crippen LogP contribution in [0.2, 0.25) is 5.02 Å². The fraction of sp³-hybridized carbons (Fsp3) is 0.462. The monoisotopic (exact) mass is 269 g/mol. The van der Waals surface area contributed by atoms with Crippen molar-refractivity contribution in [2.75, 3.05) is 11.1 Å². The fourth-order valence-corrected chi connectivity index (χ4v) is 2.45. The van der Waals surface area contributed by atoms with E-state index in [4.69, 9.17) is 11.6 Å². The second-order valence-corrected chi connectivity index (χ2v) is 5.52. The molecule has 0 aromatic heterocycles. The van der Waals surface area contributed by atoms with Crippen molar-refractivity contribution in [2.45, 2.75) is 26.2 Å². The molecule has 17 heavy (non-hydrogen) atoms. The Bertz CT molecular complexity index is 443. The highest BCUT2D eigenvalue weighted by Crippen LogP contribution is 2.49. The molecule has 0 atom stereocenters. The third-order valence-corrected chi connectivity index (χ3v) is 4.45. The molecule has 0 unspecified atom stereocenters. The smallest absolute Gasteiger partial charge is 0.224 e. The third-order valence-electron chi connectivity index (χ3n) is 3.37. The van der Waals surface area contributed by atoms with Crippen molar-refractivity contribution >= 4 is 35.8 Å². The summed E-state index contributed by atoms with van der Waals surface area (Å²) >= 11 is 10.3. The van der Waals surface area contributed by atoms with Crippen LogP contribution in [0.25, 0.3) is 0 Å². The number of halogens is 1. The average Bonchev–Trinajstić information content (AvgIpc) is 3.05. The molecule has 2 nitrogen and oxygen atoms in total. The molecular formula is C13H16ClNOS. The number of thiol groups is 1. The minimum absolute atomic E-state index is 0.0573. The maximum atomic E-state index is 11.9. The Morgan fingerprint density at radius 3 is 2.82 bits per heavy atom. The zero-order chi connectivity index (χ0) is 12.5. The molecule has 1 aliphatic carbocycles. The van der Waals surface area contributed by atoms with Crippen LogP contribution >= 0.6 is 24.2 Å². The summed E-state index contributed by atoms with van der Waals surface area (Å²) in [6.07, 6.45) is 2.78. The van der Waals surface area contributed by atoms with E-state index >= 15 is 0 Å². The van der Waals surface area contributed by atoms with Gasteiger partial charge in [-0.1, -0.05) is 17.7 Å². The van der Waals surface area contributed by atoms with Crippen molar-refractivity contribution in [1.29, 1.82) is 0 Å². The van der Waals surface area contributed by atoms with Gasteiger partial charge in [-0.15, -0.1) is 0 Å². The van der Waals surface area contributed by atoms with Crippen LogP contribution in [-0.4, -0.2) is 11.7 Å². The summed E-state index contributed by atoms with van der Waals surface area (Å²) < 4.78 is 0. The molecule has 0 saturated heterocycles. The number of amides is 1. The van der Waals surface area contributed by atoms with E-state index in [9.17, 15) is 4.79 Å².